The molecule has 1 saturated heterocycles. The van der Waals surface area contributed by atoms with Gasteiger partial charge in [-0.05, 0) is 45.0 Å². The second kappa shape index (κ2) is 6.13. The van der Waals surface area contributed by atoms with E-state index in [-0.39, 0.29) is 5.84 Å². The molecule has 0 saturated carbocycles. The number of amidine groups is 1. The number of oxime groups is 1. The van der Waals surface area contributed by atoms with Crippen molar-refractivity contribution in [2.24, 2.45) is 10.9 Å². The first-order valence-electron chi connectivity index (χ1n) is 7.03. The topological polar surface area (TPSA) is 65.1 Å². The van der Waals surface area contributed by atoms with Crippen molar-refractivity contribution in [2.45, 2.75) is 25.8 Å². The van der Waals surface area contributed by atoms with E-state index in [4.69, 9.17) is 10.9 Å². The minimum absolute atomic E-state index is 0.162. The van der Waals surface area contributed by atoms with Gasteiger partial charge in [0, 0.05) is 25.2 Å². The lowest BCUT2D eigenvalue weighted by molar-refractivity contribution is 0.314. The Balaban J connectivity index is 2.26. The molecule has 1 unspecified atom stereocenters. The van der Waals surface area contributed by atoms with Crippen LogP contribution in [-0.2, 0) is 0 Å². The zero-order valence-corrected chi connectivity index (χ0v) is 12.5. The maximum absolute atomic E-state index is 8.95. The first-order chi connectivity index (χ1) is 9.54. The Bertz CT molecular complexity index is 501. The van der Waals surface area contributed by atoms with Crippen molar-refractivity contribution >= 4 is 11.5 Å². The maximum Gasteiger partial charge on any atom is 0.172 e. The highest BCUT2D eigenvalue weighted by Gasteiger charge is 2.24. The Morgan fingerprint density at radius 1 is 1.55 bits per heavy atom. The Kier molecular flexibility index (Phi) is 4.49. The monoisotopic (exact) mass is 276 g/mol. The number of likely N-dealkylation sites (N-methyl/N-ethyl adjacent to an activating group) is 2. The van der Waals surface area contributed by atoms with Gasteiger partial charge in [-0.25, -0.2) is 0 Å². The molecular formula is C15H24N4O. The number of rotatable bonds is 4. The minimum atomic E-state index is 0.162. The predicted molar refractivity (Wildman–Crippen MR) is 82.6 cm³/mol. The van der Waals surface area contributed by atoms with Crippen LogP contribution in [-0.4, -0.2) is 49.2 Å². The maximum atomic E-state index is 8.95. The van der Waals surface area contributed by atoms with Gasteiger partial charge in [-0.2, -0.15) is 0 Å². The molecule has 3 N–H and O–H groups in total. The van der Waals surface area contributed by atoms with Gasteiger partial charge in [-0.15, -0.1) is 0 Å². The van der Waals surface area contributed by atoms with Crippen LogP contribution in [0, 0.1) is 6.92 Å². The molecule has 5 heteroatoms. The Morgan fingerprint density at radius 2 is 2.30 bits per heavy atom. The molecule has 0 radical (unpaired) electrons. The van der Waals surface area contributed by atoms with Crippen molar-refractivity contribution < 1.29 is 5.21 Å². The van der Waals surface area contributed by atoms with Crippen LogP contribution in [0.3, 0.4) is 0 Å². The van der Waals surface area contributed by atoms with Crippen molar-refractivity contribution in [1.82, 2.24) is 4.90 Å². The minimum Gasteiger partial charge on any atom is -0.409 e. The second-order valence-electron chi connectivity index (χ2n) is 5.61. The third kappa shape index (κ3) is 2.88. The molecule has 110 valence electrons. The Morgan fingerprint density at radius 3 is 2.90 bits per heavy atom. The zero-order chi connectivity index (χ0) is 14.7. The van der Waals surface area contributed by atoms with Crippen LogP contribution in [0.5, 0.6) is 0 Å². The fourth-order valence-corrected chi connectivity index (χ4v) is 3.04. The summed E-state index contributed by atoms with van der Waals surface area (Å²) >= 11 is 0. The number of likely N-dealkylation sites (tertiary alicyclic amines) is 1. The molecule has 5 nitrogen and oxygen atoms in total. The number of anilines is 1. The summed E-state index contributed by atoms with van der Waals surface area (Å²) in [6.45, 7) is 4.17. The van der Waals surface area contributed by atoms with Crippen molar-refractivity contribution in [1.29, 1.82) is 0 Å². The molecule has 1 aliphatic heterocycles. The number of benzene rings is 1. The number of aryl methyl sites for hydroxylation is 1. The Labute approximate surface area is 120 Å². The quantitative estimate of drug-likeness (QED) is 0.379. The van der Waals surface area contributed by atoms with Crippen molar-refractivity contribution in [2.75, 3.05) is 32.1 Å². The van der Waals surface area contributed by atoms with Crippen LogP contribution < -0.4 is 10.6 Å². The van der Waals surface area contributed by atoms with Gasteiger partial charge in [0.25, 0.3) is 0 Å². The normalized spacial score (nSPS) is 20.4. The summed E-state index contributed by atoms with van der Waals surface area (Å²) in [5.74, 6) is 0.162. The fourth-order valence-electron chi connectivity index (χ4n) is 3.04. The number of hydrogen-bond acceptors (Lipinski definition) is 4. The molecule has 1 atom stereocenters. The summed E-state index contributed by atoms with van der Waals surface area (Å²) in [5.41, 5.74) is 8.77. The van der Waals surface area contributed by atoms with Gasteiger partial charge < -0.3 is 20.7 Å². The number of nitrogens with two attached hydrogens (primary N) is 1. The molecule has 1 aromatic rings. The molecule has 1 fully saturated rings. The zero-order valence-electron chi connectivity index (χ0n) is 12.5. The molecule has 1 aromatic carbocycles. The van der Waals surface area contributed by atoms with Gasteiger partial charge >= 0.3 is 0 Å². The molecular weight excluding hydrogens is 252 g/mol. The van der Waals surface area contributed by atoms with Crippen molar-refractivity contribution in [3.05, 3.63) is 29.3 Å². The Hall–Kier alpha value is -1.75. The third-order valence-electron chi connectivity index (χ3n) is 4.16. The summed E-state index contributed by atoms with van der Waals surface area (Å²) in [6, 6.07) is 6.45. The largest absolute Gasteiger partial charge is 0.409 e. The SMILES string of the molecule is Cc1cccc(/C(N)=N/O)c1N(C)CC1CCCN1C. The first kappa shape index (κ1) is 14.7. The van der Waals surface area contributed by atoms with Gasteiger partial charge in [0.15, 0.2) is 5.84 Å². The molecule has 0 spiro atoms. The van der Waals surface area contributed by atoms with Gasteiger partial charge in [0.1, 0.15) is 0 Å². The van der Waals surface area contributed by atoms with Crippen molar-refractivity contribution in [3.8, 4) is 0 Å². The van der Waals surface area contributed by atoms with E-state index in [0.29, 0.717) is 6.04 Å². The molecule has 0 amide bonds. The van der Waals surface area contributed by atoms with E-state index in [2.05, 4.69) is 42.0 Å². The standard InChI is InChI=1S/C15H24N4O/c1-11-6-4-8-13(15(16)17-20)14(11)19(3)10-12-7-5-9-18(12)2/h4,6,8,12,20H,5,7,9-10H2,1-3H3,(H2,16,17). The van der Waals surface area contributed by atoms with Crippen LogP contribution in [0.2, 0.25) is 0 Å². The van der Waals surface area contributed by atoms with Crippen LogP contribution in [0.15, 0.2) is 23.4 Å². The van der Waals surface area contributed by atoms with E-state index >= 15 is 0 Å². The lowest BCUT2D eigenvalue weighted by Gasteiger charge is -2.29. The third-order valence-corrected chi connectivity index (χ3v) is 4.16. The fraction of sp³-hybridized carbons (Fsp3) is 0.533. The van der Waals surface area contributed by atoms with Crippen LogP contribution in [0.4, 0.5) is 5.69 Å². The van der Waals surface area contributed by atoms with E-state index in [1.165, 1.54) is 19.4 Å². The van der Waals surface area contributed by atoms with E-state index in [9.17, 15) is 0 Å². The average Bonchev–Trinajstić information content (AvgIpc) is 2.82. The number of nitrogens with zero attached hydrogens (tertiary/aromatic N) is 3. The van der Waals surface area contributed by atoms with Gasteiger partial charge in [-0.3, -0.25) is 0 Å². The number of hydrogen-bond donors (Lipinski definition) is 2. The van der Waals surface area contributed by atoms with Gasteiger partial charge in [0.2, 0.25) is 0 Å². The van der Waals surface area contributed by atoms with E-state index in [1.807, 2.05) is 12.1 Å². The number of para-hydroxylation sites is 1. The summed E-state index contributed by atoms with van der Waals surface area (Å²) in [4.78, 5) is 4.62. The smallest absolute Gasteiger partial charge is 0.172 e. The van der Waals surface area contributed by atoms with Crippen LogP contribution >= 0.6 is 0 Å². The van der Waals surface area contributed by atoms with Crippen molar-refractivity contribution in [3.63, 3.8) is 0 Å². The van der Waals surface area contributed by atoms with Gasteiger partial charge in [-0.1, -0.05) is 17.3 Å². The highest BCUT2D eigenvalue weighted by Crippen LogP contribution is 2.26. The first-order valence-corrected chi connectivity index (χ1v) is 7.03. The van der Waals surface area contributed by atoms with E-state index in [1.54, 1.807) is 0 Å². The highest BCUT2D eigenvalue weighted by atomic mass is 16.4. The molecule has 20 heavy (non-hydrogen) atoms. The average molecular weight is 276 g/mol. The highest BCUT2D eigenvalue weighted by molar-refractivity contribution is 6.02. The van der Waals surface area contributed by atoms with E-state index in [0.717, 1.165) is 23.4 Å². The summed E-state index contributed by atoms with van der Waals surface area (Å²) < 4.78 is 0. The lowest BCUT2D eigenvalue weighted by Crippen LogP contribution is -2.37. The predicted octanol–water partition coefficient (Wildman–Crippen LogP) is 1.62. The van der Waals surface area contributed by atoms with Gasteiger partial charge in [0.05, 0.1) is 5.69 Å². The molecule has 1 heterocycles. The lowest BCUT2D eigenvalue weighted by atomic mass is 10.1. The summed E-state index contributed by atoms with van der Waals surface area (Å²) in [6.07, 6.45) is 2.49. The van der Waals surface area contributed by atoms with E-state index < -0.39 is 0 Å². The summed E-state index contributed by atoms with van der Waals surface area (Å²) in [7, 11) is 4.25. The van der Waals surface area contributed by atoms with Crippen LogP contribution in [0.25, 0.3) is 0 Å². The molecule has 0 aromatic heterocycles. The second-order valence-corrected chi connectivity index (χ2v) is 5.61. The molecule has 0 bridgehead atoms. The van der Waals surface area contributed by atoms with Crippen LogP contribution in [0.1, 0.15) is 24.0 Å². The summed E-state index contributed by atoms with van der Waals surface area (Å²) in [5, 5.41) is 12.1. The molecule has 2 rings (SSSR count). The molecule has 1 aliphatic rings. The molecule has 0 aliphatic carbocycles.